The maximum Gasteiger partial charge on any atom is 0.408 e. The molecule has 0 aliphatic rings. The molecule has 1 aromatic rings. The van der Waals surface area contributed by atoms with E-state index in [2.05, 4.69) is 24.5 Å². The topological polar surface area (TPSA) is 67.4 Å². The number of anilines is 1. The zero-order chi connectivity index (χ0) is 17.6. The fourth-order valence-corrected chi connectivity index (χ4v) is 2.05. The molecule has 0 fully saturated rings. The third-order valence-corrected chi connectivity index (χ3v) is 3.49. The summed E-state index contributed by atoms with van der Waals surface area (Å²) in [6, 6.07) is 7.04. The Kier molecular flexibility index (Phi) is 6.61. The molecule has 23 heavy (non-hydrogen) atoms. The summed E-state index contributed by atoms with van der Waals surface area (Å²) < 4.78 is 5.16. The summed E-state index contributed by atoms with van der Waals surface area (Å²) in [5.41, 5.74) is 1.28. The van der Waals surface area contributed by atoms with Crippen LogP contribution >= 0.6 is 0 Å². The molecule has 5 nitrogen and oxygen atoms in total. The fraction of sp³-hybridized carbons (Fsp3) is 0.556. The van der Waals surface area contributed by atoms with Crippen LogP contribution in [0.25, 0.3) is 0 Å². The highest BCUT2D eigenvalue weighted by Crippen LogP contribution is 2.26. The van der Waals surface area contributed by atoms with Crippen molar-refractivity contribution >= 4 is 17.7 Å². The van der Waals surface area contributed by atoms with Crippen molar-refractivity contribution in [2.24, 2.45) is 0 Å². The molecular weight excluding hydrogens is 292 g/mol. The Balaban J connectivity index is 2.71. The Morgan fingerprint density at radius 1 is 1.17 bits per heavy atom. The monoisotopic (exact) mass is 320 g/mol. The second-order valence-electron chi connectivity index (χ2n) is 6.75. The van der Waals surface area contributed by atoms with Crippen LogP contribution in [0.4, 0.5) is 10.5 Å². The molecule has 0 saturated carbocycles. The largest absolute Gasteiger partial charge is 0.444 e. The lowest BCUT2D eigenvalue weighted by Crippen LogP contribution is -2.44. The molecule has 0 saturated heterocycles. The summed E-state index contributed by atoms with van der Waals surface area (Å²) in [6.45, 7) is 11.2. The molecule has 0 radical (unpaired) electrons. The third-order valence-electron chi connectivity index (χ3n) is 3.49. The molecule has 2 unspecified atom stereocenters. The van der Waals surface area contributed by atoms with E-state index in [1.165, 1.54) is 0 Å². The van der Waals surface area contributed by atoms with Crippen LogP contribution in [0.2, 0.25) is 0 Å². The molecular formula is C18H28N2O3. The molecule has 0 heterocycles. The van der Waals surface area contributed by atoms with Crippen molar-refractivity contribution in [3.8, 4) is 0 Å². The summed E-state index contributed by atoms with van der Waals surface area (Å²) in [5.74, 6) is 0.0761. The normalized spacial score (nSPS) is 13.8. The smallest absolute Gasteiger partial charge is 0.408 e. The van der Waals surface area contributed by atoms with Crippen LogP contribution in [0.1, 0.15) is 59.4 Å². The van der Waals surface area contributed by atoms with Crippen molar-refractivity contribution in [3.63, 3.8) is 0 Å². The second-order valence-corrected chi connectivity index (χ2v) is 6.75. The molecule has 0 aliphatic carbocycles. The highest BCUT2D eigenvalue weighted by Gasteiger charge is 2.21. The minimum absolute atomic E-state index is 0.272. The molecule has 0 bridgehead atoms. The zero-order valence-corrected chi connectivity index (χ0v) is 14.9. The minimum atomic E-state index is -0.685. The van der Waals surface area contributed by atoms with Crippen molar-refractivity contribution in [3.05, 3.63) is 29.8 Å². The van der Waals surface area contributed by atoms with Gasteiger partial charge >= 0.3 is 6.09 Å². The van der Waals surface area contributed by atoms with E-state index in [0.29, 0.717) is 5.92 Å². The zero-order valence-electron chi connectivity index (χ0n) is 14.9. The number of nitrogens with one attached hydrogen (secondary N) is 2. The number of benzene rings is 1. The Morgan fingerprint density at radius 2 is 1.78 bits per heavy atom. The summed E-state index contributed by atoms with van der Waals surface area (Å²) in [5, 5.41) is 5.43. The number of amides is 2. The van der Waals surface area contributed by atoms with Crippen molar-refractivity contribution in [2.45, 2.75) is 65.5 Å². The van der Waals surface area contributed by atoms with Crippen LogP contribution in [0.5, 0.6) is 0 Å². The first kappa shape index (κ1) is 19.0. The van der Waals surface area contributed by atoms with Gasteiger partial charge in [-0.3, -0.25) is 4.79 Å². The van der Waals surface area contributed by atoms with Crippen molar-refractivity contribution < 1.29 is 14.3 Å². The van der Waals surface area contributed by atoms with Crippen LogP contribution in [0.3, 0.4) is 0 Å². The van der Waals surface area contributed by atoms with Gasteiger partial charge < -0.3 is 15.4 Å². The van der Waals surface area contributed by atoms with Gasteiger partial charge in [0.1, 0.15) is 11.6 Å². The lowest BCUT2D eigenvalue weighted by Gasteiger charge is -2.22. The van der Waals surface area contributed by atoms with Gasteiger partial charge in [0.25, 0.3) is 0 Å². The summed E-state index contributed by atoms with van der Waals surface area (Å²) in [4.78, 5) is 24.0. The van der Waals surface area contributed by atoms with Gasteiger partial charge in [0.15, 0.2) is 0 Å². The molecule has 2 atom stereocenters. The highest BCUT2D eigenvalue weighted by molar-refractivity contribution is 5.96. The standard InChI is InChI=1S/C18H28N2O3/c1-7-12(2)14-10-8-9-11-15(14)20-16(21)13(3)19-17(22)23-18(4,5)6/h8-13H,7H2,1-6H3,(H,19,22)(H,20,21). The maximum absolute atomic E-state index is 12.3. The van der Waals surface area contributed by atoms with E-state index in [4.69, 9.17) is 4.74 Å². The molecule has 1 rings (SSSR count). The number of carbonyl (C=O) groups excluding carboxylic acids is 2. The van der Waals surface area contributed by atoms with Crippen LogP contribution in [-0.4, -0.2) is 23.6 Å². The minimum Gasteiger partial charge on any atom is -0.444 e. The lowest BCUT2D eigenvalue weighted by molar-refractivity contribution is -0.117. The van der Waals surface area contributed by atoms with Gasteiger partial charge in [0, 0.05) is 5.69 Å². The number of para-hydroxylation sites is 1. The van der Waals surface area contributed by atoms with Crippen LogP contribution in [0.15, 0.2) is 24.3 Å². The van der Waals surface area contributed by atoms with Crippen molar-refractivity contribution in [2.75, 3.05) is 5.32 Å². The van der Waals surface area contributed by atoms with Gasteiger partial charge in [0.2, 0.25) is 5.91 Å². The van der Waals surface area contributed by atoms with Gasteiger partial charge in [0.05, 0.1) is 0 Å². The molecule has 0 aliphatic heterocycles. The number of alkyl carbamates (subject to hydrolysis) is 1. The van der Waals surface area contributed by atoms with E-state index >= 15 is 0 Å². The van der Waals surface area contributed by atoms with E-state index in [0.717, 1.165) is 17.7 Å². The molecule has 0 aromatic heterocycles. The van der Waals surface area contributed by atoms with E-state index in [9.17, 15) is 9.59 Å². The Morgan fingerprint density at radius 3 is 2.35 bits per heavy atom. The number of rotatable bonds is 5. The average Bonchev–Trinajstić information content (AvgIpc) is 2.44. The molecule has 5 heteroatoms. The van der Waals surface area contributed by atoms with E-state index in [1.54, 1.807) is 27.7 Å². The maximum atomic E-state index is 12.3. The molecule has 128 valence electrons. The predicted octanol–water partition coefficient (Wildman–Crippen LogP) is 4.05. The van der Waals surface area contributed by atoms with Crippen LogP contribution < -0.4 is 10.6 Å². The fourth-order valence-electron chi connectivity index (χ4n) is 2.05. The number of ether oxygens (including phenoxy) is 1. The lowest BCUT2D eigenvalue weighted by atomic mass is 9.97. The highest BCUT2D eigenvalue weighted by atomic mass is 16.6. The molecule has 2 N–H and O–H groups in total. The SMILES string of the molecule is CCC(C)c1ccccc1NC(=O)C(C)NC(=O)OC(C)(C)C. The number of carbonyl (C=O) groups is 2. The summed E-state index contributed by atoms with van der Waals surface area (Å²) in [6.07, 6.45) is 0.383. The number of hydrogen-bond donors (Lipinski definition) is 2. The summed E-state index contributed by atoms with van der Waals surface area (Å²) >= 11 is 0. The van der Waals surface area contributed by atoms with E-state index in [1.807, 2.05) is 24.3 Å². The molecule has 2 amide bonds. The number of hydrogen-bond acceptors (Lipinski definition) is 3. The Labute approximate surface area is 138 Å². The van der Waals surface area contributed by atoms with Gasteiger partial charge in [-0.1, -0.05) is 32.0 Å². The van der Waals surface area contributed by atoms with Crippen molar-refractivity contribution in [1.82, 2.24) is 5.32 Å². The molecule has 0 spiro atoms. The Hall–Kier alpha value is -2.04. The van der Waals surface area contributed by atoms with Gasteiger partial charge in [-0.15, -0.1) is 0 Å². The summed E-state index contributed by atoms with van der Waals surface area (Å²) in [7, 11) is 0. The quantitative estimate of drug-likeness (QED) is 0.860. The first-order valence-electron chi connectivity index (χ1n) is 8.03. The van der Waals surface area contributed by atoms with Gasteiger partial charge in [-0.05, 0) is 51.7 Å². The molecule has 1 aromatic carbocycles. The first-order valence-corrected chi connectivity index (χ1v) is 8.03. The van der Waals surface area contributed by atoms with Gasteiger partial charge in [-0.2, -0.15) is 0 Å². The van der Waals surface area contributed by atoms with Crippen LogP contribution in [-0.2, 0) is 9.53 Å². The Bertz CT molecular complexity index is 549. The second kappa shape index (κ2) is 7.99. The van der Waals surface area contributed by atoms with Crippen molar-refractivity contribution in [1.29, 1.82) is 0 Å². The third kappa shape index (κ3) is 6.30. The van der Waals surface area contributed by atoms with E-state index < -0.39 is 17.7 Å². The van der Waals surface area contributed by atoms with E-state index in [-0.39, 0.29) is 5.91 Å². The predicted molar refractivity (Wildman–Crippen MR) is 92.6 cm³/mol. The van der Waals surface area contributed by atoms with Gasteiger partial charge in [-0.25, -0.2) is 4.79 Å². The van der Waals surface area contributed by atoms with Crippen LogP contribution in [0, 0.1) is 0 Å². The first-order chi connectivity index (χ1) is 10.6. The average molecular weight is 320 g/mol.